The minimum Gasteiger partial charge on any atom is -0.402 e. The van der Waals surface area contributed by atoms with Crippen molar-refractivity contribution in [3.63, 3.8) is 0 Å². The van der Waals surface area contributed by atoms with E-state index in [-0.39, 0.29) is 22.6 Å². The molecule has 0 aliphatic heterocycles. The molecule has 0 saturated heterocycles. The monoisotopic (exact) mass is 566 g/mol. The van der Waals surface area contributed by atoms with Gasteiger partial charge in [-0.15, -0.1) is 0 Å². The third kappa shape index (κ3) is 7.99. The first kappa shape index (κ1) is 31.0. The van der Waals surface area contributed by atoms with Gasteiger partial charge in [-0.3, -0.25) is 4.18 Å². The highest BCUT2D eigenvalue weighted by Crippen LogP contribution is 2.38. The Morgan fingerprint density at radius 1 is 0.872 bits per heavy atom. The van der Waals surface area contributed by atoms with Crippen LogP contribution in [0.2, 0.25) is 5.04 Å². The molecule has 0 fully saturated rings. The van der Waals surface area contributed by atoms with E-state index in [2.05, 4.69) is 69.3 Å². The number of aliphatic hydroxyl groups is 1. The quantitative estimate of drug-likeness (QED) is 0.123. The van der Waals surface area contributed by atoms with Gasteiger partial charge in [-0.25, -0.2) is 0 Å². The number of aliphatic hydroxyl groups excluding tert-OH is 1. The van der Waals surface area contributed by atoms with Gasteiger partial charge >= 0.3 is 0 Å². The van der Waals surface area contributed by atoms with Gasteiger partial charge in [0.2, 0.25) is 0 Å². The third-order valence-electron chi connectivity index (χ3n) is 6.93. The number of hydrogen-bond donors (Lipinski definition) is 1. The molecule has 2 atom stereocenters. The van der Waals surface area contributed by atoms with Crippen LogP contribution in [-0.4, -0.2) is 40.7 Å². The SMILES string of the molecule is Cc1ccc(S(=O)(=O)OCCC/C=C\C[C@H](O)[C@@H](C)O[Si](c2ccccc2)(c2ccccc2)C(C)(C)C)cc1. The second kappa shape index (κ2) is 13.7. The Labute approximate surface area is 235 Å². The third-order valence-corrected chi connectivity index (χ3v) is 13.4. The molecule has 0 aromatic heterocycles. The van der Waals surface area contributed by atoms with Crippen molar-refractivity contribution in [2.45, 2.75) is 76.0 Å². The first-order valence-electron chi connectivity index (χ1n) is 13.6. The molecular formula is C32H42O5SSi. The molecule has 0 spiro atoms. The average molecular weight is 567 g/mol. The van der Waals surface area contributed by atoms with E-state index < -0.39 is 24.5 Å². The van der Waals surface area contributed by atoms with Crippen molar-refractivity contribution < 1.29 is 22.1 Å². The summed E-state index contributed by atoms with van der Waals surface area (Å²) in [5.74, 6) is 0. The van der Waals surface area contributed by atoms with Crippen LogP contribution in [-0.2, 0) is 18.7 Å². The molecule has 0 radical (unpaired) electrons. The summed E-state index contributed by atoms with van der Waals surface area (Å²) < 4.78 is 36.8. The molecule has 5 nitrogen and oxygen atoms in total. The Balaban J connectivity index is 1.59. The second-order valence-corrected chi connectivity index (χ2v) is 16.9. The van der Waals surface area contributed by atoms with Gasteiger partial charge in [0.1, 0.15) is 0 Å². The van der Waals surface area contributed by atoms with E-state index in [9.17, 15) is 13.5 Å². The molecule has 210 valence electrons. The molecule has 3 aromatic carbocycles. The molecule has 7 heteroatoms. The first-order chi connectivity index (χ1) is 18.5. The predicted octanol–water partition coefficient (Wildman–Crippen LogP) is 5.75. The van der Waals surface area contributed by atoms with Crippen LogP contribution < -0.4 is 10.4 Å². The van der Waals surface area contributed by atoms with Crippen LogP contribution in [0.5, 0.6) is 0 Å². The van der Waals surface area contributed by atoms with Crippen LogP contribution in [0.3, 0.4) is 0 Å². The summed E-state index contributed by atoms with van der Waals surface area (Å²) in [4.78, 5) is 0.168. The number of benzene rings is 3. The number of unbranched alkanes of at least 4 members (excludes halogenated alkanes) is 1. The Kier molecular flexibility index (Phi) is 10.9. The fraction of sp³-hybridized carbons (Fsp3) is 0.375. The molecule has 0 heterocycles. The summed E-state index contributed by atoms with van der Waals surface area (Å²) >= 11 is 0. The molecule has 0 amide bonds. The van der Waals surface area contributed by atoms with Crippen molar-refractivity contribution in [1.29, 1.82) is 0 Å². The van der Waals surface area contributed by atoms with Crippen molar-refractivity contribution >= 4 is 28.8 Å². The molecule has 3 rings (SSSR count). The molecule has 0 aliphatic carbocycles. The van der Waals surface area contributed by atoms with E-state index in [1.165, 1.54) is 10.4 Å². The van der Waals surface area contributed by atoms with Gasteiger partial charge < -0.3 is 9.53 Å². The van der Waals surface area contributed by atoms with E-state index in [0.717, 1.165) is 5.56 Å². The lowest BCUT2D eigenvalue weighted by Gasteiger charge is -2.45. The highest BCUT2D eigenvalue weighted by molar-refractivity contribution is 7.86. The maximum Gasteiger partial charge on any atom is 0.296 e. The highest BCUT2D eigenvalue weighted by Gasteiger charge is 2.51. The first-order valence-corrected chi connectivity index (χ1v) is 16.9. The van der Waals surface area contributed by atoms with E-state index in [1.807, 2.05) is 38.1 Å². The van der Waals surface area contributed by atoms with Crippen molar-refractivity contribution in [3.05, 3.63) is 103 Å². The normalized spacial score (nSPS) is 14.4. The van der Waals surface area contributed by atoms with Gasteiger partial charge in [0.05, 0.1) is 23.7 Å². The van der Waals surface area contributed by atoms with Crippen LogP contribution in [0, 0.1) is 6.92 Å². The zero-order valence-corrected chi connectivity index (χ0v) is 25.5. The zero-order valence-electron chi connectivity index (χ0n) is 23.7. The Bertz CT molecular complexity index is 1240. The average Bonchev–Trinajstić information content (AvgIpc) is 2.91. The lowest BCUT2D eigenvalue weighted by Crippen LogP contribution is -2.68. The fourth-order valence-corrected chi connectivity index (χ4v) is 10.4. The molecule has 1 N–H and O–H groups in total. The van der Waals surface area contributed by atoms with Gasteiger partial charge in [-0.2, -0.15) is 8.42 Å². The molecule has 0 saturated carbocycles. The highest BCUT2D eigenvalue weighted by atomic mass is 32.2. The maximum atomic E-state index is 12.3. The van der Waals surface area contributed by atoms with Crippen molar-refractivity contribution in [3.8, 4) is 0 Å². The van der Waals surface area contributed by atoms with E-state index in [0.29, 0.717) is 19.3 Å². The van der Waals surface area contributed by atoms with Crippen LogP contribution in [0.15, 0.2) is 102 Å². The van der Waals surface area contributed by atoms with Gasteiger partial charge in [-0.1, -0.05) is 111 Å². The fourth-order valence-electron chi connectivity index (χ4n) is 4.74. The number of hydrogen-bond acceptors (Lipinski definition) is 5. The van der Waals surface area contributed by atoms with Crippen molar-refractivity contribution in [2.75, 3.05) is 6.61 Å². The molecule has 0 aliphatic rings. The van der Waals surface area contributed by atoms with Gasteiger partial charge in [0.25, 0.3) is 18.4 Å². The summed E-state index contributed by atoms with van der Waals surface area (Å²) in [5.41, 5.74) is 0.993. The van der Waals surface area contributed by atoms with Gasteiger partial charge in [0.15, 0.2) is 0 Å². The lowest BCUT2D eigenvalue weighted by atomic mass is 10.1. The van der Waals surface area contributed by atoms with Gasteiger partial charge in [0, 0.05) is 0 Å². The largest absolute Gasteiger partial charge is 0.402 e. The lowest BCUT2D eigenvalue weighted by molar-refractivity contribution is 0.0435. The molecule has 0 unspecified atom stereocenters. The van der Waals surface area contributed by atoms with Crippen LogP contribution in [0.1, 0.15) is 52.5 Å². The van der Waals surface area contributed by atoms with E-state index in [1.54, 1.807) is 24.3 Å². The molecular weight excluding hydrogens is 525 g/mol. The Morgan fingerprint density at radius 2 is 1.41 bits per heavy atom. The summed E-state index contributed by atoms with van der Waals surface area (Å²) in [6.45, 7) is 10.6. The minimum absolute atomic E-state index is 0.108. The molecule has 3 aromatic rings. The van der Waals surface area contributed by atoms with Crippen LogP contribution in [0.25, 0.3) is 0 Å². The number of aryl methyl sites for hydroxylation is 1. The zero-order chi connectivity index (χ0) is 28.5. The number of allylic oxidation sites excluding steroid dienone is 1. The van der Waals surface area contributed by atoms with Crippen LogP contribution in [0.4, 0.5) is 0 Å². The maximum absolute atomic E-state index is 12.3. The topological polar surface area (TPSA) is 72.8 Å². The Morgan fingerprint density at radius 3 is 1.92 bits per heavy atom. The second-order valence-electron chi connectivity index (χ2n) is 11.0. The summed E-state index contributed by atoms with van der Waals surface area (Å²) in [6.07, 6.45) is 4.49. The smallest absolute Gasteiger partial charge is 0.296 e. The van der Waals surface area contributed by atoms with Crippen molar-refractivity contribution in [1.82, 2.24) is 0 Å². The molecule has 0 bridgehead atoms. The standard InChI is InChI=1S/C32H42O5SSi/c1-26-21-23-28(24-22-26)38(34,35)36-25-15-7-6-14-20-31(33)27(2)37-39(32(3,4)5,29-16-10-8-11-17-29)30-18-12-9-13-19-30/h6,8-14,16-19,21-24,27,31,33H,7,15,20,25H2,1-5H3/b14-6-/t27-,31+/m1/s1. The van der Waals surface area contributed by atoms with E-state index >= 15 is 0 Å². The molecule has 39 heavy (non-hydrogen) atoms. The van der Waals surface area contributed by atoms with Crippen molar-refractivity contribution in [2.24, 2.45) is 0 Å². The minimum atomic E-state index is -3.75. The van der Waals surface area contributed by atoms with Crippen LogP contribution >= 0.6 is 0 Å². The number of rotatable bonds is 13. The summed E-state index contributed by atoms with van der Waals surface area (Å²) in [7, 11) is -6.49. The predicted molar refractivity (Wildman–Crippen MR) is 161 cm³/mol. The summed E-state index contributed by atoms with van der Waals surface area (Å²) in [6, 6.07) is 27.4. The van der Waals surface area contributed by atoms with E-state index in [4.69, 9.17) is 8.61 Å². The summed E-state index contributed by atoms with van der Waals surface area (Å²) in [5, 5.41) is 13.2. The Hall–Kier alpha value is -2.55. The van der Waals surface area contributed by atoms with Gasteiger partial charge in [-0.05, 0) is 60.7 Å².